The predicted octanol–water partition coefficient (Wildman–Crippen LogP) is 3.53. The van der Waals surface area contributed by atoms with Crippen LogP contribution >= 0.6 is 0 Å². The number of ether oxygens (including phenoxy) is 2. The van der Waals surface area contributed by atoms with Crippen LogP contribution < -0.4 is 0 Å². The van der Waals surface area contributed by atoms with Crippen molar-refractivity contribution >= 4 is 11.9 Å². The van der Waals surface area contributed by atoms with Crippen LogP contribution in [0, 0.1) is 0 Å². The summed E-state index contributed by atoms with van der Waals surface area (Å²) < 4.78 is 9.47. The minimum Gasteiger partial charge on any atom is -0.466 e. The molecule has 0 aliphatic carbocycles. The Morgan fingerprint density at radius 1 is 0.857 bits per heavy atom. The van der Waals surface area contributed by atoms with Gasteiger partial charge >= 0.3 is 11.9 Å². The fourth-order valence-corrected chi connectivity index (χ4v) is 1.56. The van der Waals surface area contributed by atoms with Crippen molar-refractivity contribution < 1.29 is 19.1 Å². The van der Waals surface area contributed by atoms with E-state index in [9.17, 15) is 9.59 Å². The number of rotatable bonds is 7. The highest BCUT2D eigenvalue weighted by atomic mass is 16.5. The van der Waals surface area contributed by atoms with Gasteiger partial charge in [0.25, 0.3) is 0 Å². The van der Waals surface area contributed by atoms with Crippen LogP contribution in [0.1, 0.15) is 45.6 Å². The molecule has 0 spiro atoms. The van der Waals surface area contributed by atoms with Crippen LogP contribution in [-0.4, -0.2) is 25.2 Å². The van der Waals surface area contributed by atoms with E-state index in [2.05, 4.69) is 4.74 Å². The molecule has 0 aliphatic heterocycles. The topological polar surface area (TPSA) is 52.6 Å². The Morgan fingerprint density at radius 2 is 1.38 bits per heavy atom. The van der Waals surface area contributed by atoms with Crippen LogP contribution in [0.15, 0.2) is 30.3 Å². The third-order valence-electron chi connectivity index (χ3n) is 2.53. The third kappa shape index (κ3) is 11.7. The van der Waals surface area contributed by atoms with Crippen LogP contribution in [0.4, 0.5) is 0 Å². The SMILES string of the molecule is CCCC(=O)OCC.CCOC(=O)CCc1ccccc1. The van der Waals surface area contributed by atoms with Crippen molar-refractivity contribution in [2.45, 2.75) is 46.5 Å². The van der Waals surface area contributed by atoms with Gasteiger partial charge in [-0.3, -0.25) is 9.59 Å². The lowest BCUT2D eigenvalue weighted by atomic mass is 10.1. The van der Waals surface area contributed by atoms with Crippen LogP contribution in [0.3, 0.4) is 0 Å². The number of carbonyl (C=O) groups is 2. The molecule has 1 aromatic rings. The van der Waals surface area contributed by atoms with E-state index in [0.717, 1.165) is 12.8 Å². The van der Waals surface area contributed by atoms with Gasteiger partial charge in [-0.05, 0) is 32.3 Å². The number of aryl methyl sites for hydroxylation is 1. The minimum absolute atomic E-state index is 0.0880. The van der Waals surface area contributed by atoms with Gasteiger partial charge in [-0.2, -0.15) is 0 Å². The first-order valence-corrected chi connectivity index (χ1v) is 7.49. The van der Waals surface area contributed by atoms with Crippen LogP contribution in [-0.2, 0) is 25.5 Å². The van der Waals surface area contributed by atoms with Crippen molar-refractivity contribution in [1.29, 1.82) is 0 Å². The summed E-state index contributed by atoms with van der Waals surface area (Å²) in [6.45, 7) is 6.55. The quantitative estimate of drug-likeness (QED) is 0.722. The Balaban J connectivity index is 0.000000433. The lowest BCUT2D eigenvalue weighted by molar-refractivity contribution is -0.144. The molecule has 0 aliphatic rings. The fourth-order valence-electron chi connectivity index (χ4n) is 1.56. The molecule has 0 fully saturated rings. The van der Waals surface area contributed by atoms with Gasteiger partial charge in [0.1, 0.15) is 0 Å². The molecule has 0 radical (unpaired) electrons. The van der Waals surface area contributed by atoms with Gasteiger partial charge in [0, 0.05) is 12.8 Å². The maximum atomic E-state index is 11.0. The fraction of sp³-hybridized carbons (Fsp3) is 0.529. The minimum atomic E-state index is -0.119. The molecule has 0 bridgehead atoms. The van der Waals surface area contributed by atoms with E-state index >= 15 is 0 Å². The Bertz CT molecular complexity index is 379. The van der Waals surface area contributed by atoms with Crippen LogP contribution in [0.2, 0.25) is 0 Å². The van der Waals surface area contributed by atoms with Crippen molar-refractivity contribution in [2.75, 3.05) is 13.2 Å². The molecule has 0 saturated carbocycles. The van der Waals surface area contributed by atoms with E-state index in [-0.39, 0.29) is 11.9 Å². The first kappa shape index (κ1) is 19.2. The van der Waals surface area contributed by atoms with Gasteiger partial charge in [0.2, 0.25) is 0 Å². The van der Waals surface area contributed by atoms with Gasteiger partial charge < -0.3 is 9.47 Å². The lowest BCUT2D eigenvalue weighted by Crippen LogP contribution is -2.04. The van der Waals surface area contributed by atoms with Gasteiger partial charge in [-0.1, -0.05) is 37.3 Å². The zero-order valence-electron chi connectivity index (χ0n) is 13.3. The number of hydrogen-bond acceptors (Lipinski definition) is 4. The van der Waals surface area contributed by atoms with Crippen molar-refractivity contribution in [3.05, 3.63) is 35.9 Å². The summed E-state index contributed by atoms with van der Waals surface area (Å²) in [5.74, 6) is -0.207. The van der Waals surface area contributed by atoms with E-state index in [1.54, 1.807) is 0 Å². The van der Waals surface area contributed by atoms with Crippen molar-refractivity contribution in [2.24, 2.45) is 0 Å². The van der Waals surface area contributed by atoms with E-state index in [0.29, 0.717) is 26.1 Å². The van der Waals surface area contributed by atoms with Crippen molar-refractivity contribution in [1.82, 2.24) is 0 Å². The molecule has 0 N–H and O–H groups in total. The first-order chi connectivity index (χ1) is 10.1. The standard InChI is InChI=1S/C11H14O2.C6H12O2/c1-2-13-11(12)9-8-10-6-4-3-5-7-10;1-3-5-6(7)8-4-2/h3-7H,2,8-9H2,1H3;3-5H2,1-2H3. The molecular weight excluding hydrogens is 268 g/mol. The summed E-state index contributed by atoms with van der Waals surface area (Å²) in [6, 6.07) is 9.94. The molecule has 0 aromatic heterocycles. The average molecular weight is 294 g/mol. The first-order valence-electron chi connectivity index (χ1n) is 7.49. The van der Waals surface area contributed by atoms with Crippen molar-refractivity contribution in [3.63, 3.8) is 0 Å². The summed E-state index contributed by atoms with van der Waals surface area (Å²) in [5.41, 5.74) is 1.18. The molecule has 1 aromatic carbocycles. The number of carbonyl (C=O) groups excluding carboxylic acids is 2. The molecule has 0 unspecified atom stereocenters. The highest BCUT2D eigenvalue weighted by Crippen LogP contribution is 2.02. The summed E-state index contributed by atoms with van der Waals surface area (Å²) >= 11 is 0. The summed E-state index contributed by atoms with van der Waals surface area (Å²) in [6.07, 6.45) is 2.66. The zero-order chi connectivity index (χ0) is 15.9. The molecule has 21 heavy (non-hydrogen) atoms. The summed E-state index contributed by atoms with van der Waals surface area (Å²) in [5, 5.41) is 0. The maximum absolute atomic E-state index is 11.0. The molecule has 0 saturated heterocycles. The largest absolute Gasteiger partial charge is 0.466 e. The molecule has 1 rings (SSSR count). The lowest BCUT2D eigenvalue weighted by Gasteiger charge is -2.01. The van der Waals surface area contributed by atoms with E-state index < -0.39 is 0 Å². The third-order valence-corrected chi connectivity index (χ3v) is 2.53. The van der Waals surface area contributed by atoms with Gasteiger partial charge in [0.15, 0.2) is 0 Å². The monoisotopic (exact) mass is 294 g/mol. The van der Waals surface area contributed by atoms with E-state index in [4.69, 9.17) is 4.74 Å². The second-order valence-corrected chi connectivity index (χ2v) is 4.35. The second kappa shape index (κ2) is 13.2. The number of esters is 2. The summed E-state index contributed by atoms with van der Waals surface area (Å²) in [7, 11) is 0. The van der Waals surface area contributed by atoms with Gasteiger partial charge in [-0.25, -0.2) is 0 Å². The zero-order valence-corrected chi connectivity index (χ0v) is 13.3. The molecule has 0 heterocycles. The average Bonchev–Trinajstić information content (AvgIpc) is 2.48. The number of hydrogen-bond donors (Lipinski definition) is 0. The predicted molar refractivity (Wildman–Crippen MR) is 82.9 cm³/mol. The highest BCUT2D eigenvalue weighted by Gasteiger charge is 2.01. The Morgan fingerprint density at radius 3 is 1.86 bits per heavy atom. The highest BCUT2D eigenvalue weighted by molar-refractivity contribution is 5.69. The van der Waals surface area contributed by atoms with E-state index in [1.807, 2.05) is 51.1 Å². The van der Waals surface area contributed by atoms with Gasteiger partial charge in [0.05, 0.1) is 13.2 Å². The van der Waals surface area contributed by atoms with Crippen LogP contribution in [0.5, 0.6) is 0 Å². The molecule has 0 amide bonds. The Kier molecular flexibility index (Phi) is 12.0. The number of benzene rings is 1. The molecule has 0 atom stereocenters. The molecule has 4 heteroatoms. The summed E-state index contributed by atoms with van der Waals surface area (Å²) in [4.78, 5) is 21.4. The maximum Gasteiger partial charge on any atom is 0.306 e. The second-order valence-electron chi connectivity index (χ2n) is 4.35. The van der Waals surface area contributed by atoms with Crippen molar-refractivity contribution in [3.8, 4) is 0 Å². The van der Waals surface area contributed by atoms with E-state index in [1.165, 1.54) is 5.56 Å². The normalized spacial score (nSPS) is 9.29. The molecular formula is C17H26O4. The smallest absolute Gasteiger partial charge is 0.306 e. The van der Waals surface area contributed by atoms with Gasteiger partial charge in [-0.15, -0.1) is 0 Å². The molecule has 118 valence electrons. The Labute approximate surface area is 127 Å². The molecule has 4 nitrogen and oxygen atoms in total. The van der Waals surface area contributed by atoms with Crippen LogP contribution in [0.25, 0.3) is 0 Å². The Hall–Kier alpha value is -1.84.